The zero-order chi connectivity index (χ0) is 8.65. The van der Waals surface area contributed by atoms with Crippen LogP contribution in [0.2, 0.25) is 0 Å². The van der Waals surface area contributed by atoms with Crippen LogP contribution in [-0.4, -0.2) is 24.7 Å². The minimum absolute atomic E-state index is 0.161. The van der Waals surface area contributed by atoms with Gasteiger partial charge in [-0.05, 0) is 12.8 Å². The minimum Gasteiger partial charge on any atom is -0.481 e. The summed E-state index contributed by atoms with van der Waals surface area (Å²) in [6.07, 6.45) is 0.322. The molecule has 0 heterocycles. The van der Waals surface area contributed by atoms with Crippen molar-refractivity contribution in [1.29, 1.82) is 0 Å². The summed E-state index contributed by atoms with van der Waals surface area (Å²) in [5.74, 6) is -1.46. The Morgan fingerprint density at radius 3 is 2.18 bits per heavy atom. The first kappa shape index (κ1) is 8.48. The molecule has 0 aromatic heterocycles. The molecule has 0 aromatic rings. The van der Waals surface area contributed by atoms with Crippen molar-refractivity contribution in [3.05, 3.63) is 0 Å². The molecule has 64 valence electrons. The quantitative estimate of drug-likeness (QED) is 0.576. The van der Waals surface area contributed by atoms with E-state index in [2.05, 4.69) is 0 Å². The van der Waals surface area contributed by atoms with Gasteiger partial charge in [0.1, 0.15) is 0 Å². The first-order valence-electron chi connectivity index (χ1n) is 3.15. The molecule has 0 bridgehead atoms. The highest BCUT2D eigenvalue weighted by Crippen LogP contribution is 2.31. The number of carboxylic acids is 1. The van der Waals surface area contributed by atoms with E-state index < -0.39 is 27.2 Å². The molecule has 0 aliphatic heterocycles. The molecule has 5 nitrogen and oxygen atoms in total. The molecule has 0 amide bonds. The molecule has 1 fully saturated rings. The fourth-order valence-electron chi connectivity index (χ4n) is 1.04. The second kappa shape index (κ2) is 2.46. The third kappa shape index (κ3) is 1.69. The van der Waals surface area contributed by atoms with Crippen LogP contribution in [0.1, 0.15) is 12.8 Å². The van der Waals surface area contributed by atoms with E-state index in [1.54, 1.807) is 0 Å². The Kier molecular flexibility index (Phi) is 1.89. The van der Waals surface area contributed by atoms with Gasteiger partial charge in [-0.2, -0.15) is 0 Å². The number of hydrogen-bond acceptors (Lipinski definition) is 3. The fraction of sp³-hybridized carbons (Fsp3) is 0.800. The molecule has 11 heavy (non-hydrogen) atoms. The van der Waals surface area contributed by atoms with E-state index >= 15 is 0 Å². The highest BCUT2D eigenvalue weighted by atomic mass is 32.2. The van der Waals surface area contributed by atoms with Gasteiger partial charge >= 0.3 is 5.97 Å². The molecule has 0 unspecified atom stereocenters. The Bertz CT molecular complexity index is 264. The summed E-state index contributed by atoms with van der Waals surface area (Å²) >= 11 is 0. The number of carboxylic acid groups (broad SMARTS) is 1. The van der Waals surface area contributed by atoms with Gasteiger partial charge < -0.3 is 5.11 Å². The standard InChI is InChI=1S/C5H9NO4S/c6-11(9,10)4-1-3(2-4)5(7)8/h3-4H,1-2H2,(H,7,8)(H2,6,9,10)/t3-,4+. The van der Waals surface area contributed by atoms with E-state index in [1.807, 2.05) is 0 Å². The molecule has 0 saturated heterocycles. The Morgan fingerprint density at radius 1 is 1.45 bits per heavy atom. The van der Waals surface area contributed by atoms with E-state index in [4.69, 9.17) is 10.2 Å². The smallest absolute Gasteiger partial charge is 0.306 e. The second-order valence-electron chi connectivity index (χ2n) is 2.72. The van der Waals surface area contributed by atoms with Crippen molar-refractivity contribution in [2.45, 2.75) is 18.1 Å². The Balaban J connectivity index is 2.48. The molecule has 0 spiro atoms. The number of primary sulfonamides is 1. The van der Waals surface area contributed by atoms with Crippen molar-refractivity contribution >= 4 is 16.0 Å². The van der Waals surface area contributed by atoms with Gasteiger partial charge in [-0.3, -0.25) is 4.79 Å². The summed E-state index contributed by atoms with van der Waals surface area (Å²) in [5.41, 5.74) is 0. The van der Waals surface area contributed by atoms with E-state index in [-0.39, 0.29) is 12.8 Å². The van der Waals surface area contributed by atoms with Crippen LogP contribution in [0.4, 0.5) is 0 Å². The molecule has 1 rings (SSSR count). The van der Waals surface area contributed by atoms with Crippen molar-refractivity contribution in [2.75, 3.05) is 0 Å². The molecule has 1 aliphatic carbocycles. The van der Waals surface area contributed by atoms with Gasteiger partial charge in [-0.25, -0.2) is 13.6 Å². The zero-order valence-corrected chi connectivity index (χ0v) is 6.54. The first-order chi connectivity index (χ1) is 4.91. The van der Waals surface area contributed by atoms with Crippen LogP contribution >= 0.6 is 0 Å². The fourth-order valence-corrected chi connectivity index (χ4v) is 2.04. The highest BCUT2D eigenvalue weighted by Gasteiger charge is 2.40. The predicted octanol–water partition coefficient (Wildman–Crippen LogP) is -0.862. The van der Waals surface area contributed by atoms with Crippen LogP contribution in [0.15, 0.2) is 0 Å². The lowest BCUT2D eigenvalue weighted by atomic mass is 9.85. The lowest BCUT2D eigenvalue weighted by molar-refractivity contribution is -0.144. The Labute approximate surface area is 64.2 Å². The lowest BCUT2D eigenvalue weighted by Gasteiger charge is -2.29. The maximum Gasteiger partial charge on any atom is 0.306 e. The number of rotatable bonds is 2. The van der Waals surface area contributed by atoms with Crippen LogP contribution in [0.5, 0.6) is 0 Å². The predicted molar refractivity (Wildman–Crippen MR) is 37.3 cm³/mol. The molecule has 3 N–H and O–H groups in total. The van der Waals surface area contributed by atoms with E-state index in [0.717, 1.165) is 0 Å². The Morgan fingerprint density at radius 2 is 1.91 bits per heavy atom. The van der Waals surface area contributed by atoms with Crippen LogP contribution in [0, 0.1) is 5.92 Å². The normalized spacial score (nSPS) is 31.0. The van der Waals surface area contributed by atoms with E-state index in [1.165, 1.54) is 0 Å². The average Bonchev–Trinajstić information content (AvgIpc) is 1.51. The van der Waals surface area contributed by atoms with Crippen LogP contribution < -0.4 is 5.14 Å². The molecular weight excluding hydrogens is 170 g/mol. The van der Waals surface area contributed by atoms with Crippen LogP contribution in [0.3, 0.4) is 0 Å². The topological polar surface area (TPSA) is 97.5 Å². The van der Waals surface area contributed by atoms with Crippen molar-refractivity contribution in [3.8, 4) is 0 Å². The molecular formula is C5H9NO4S. The van der Waals surface area contributed by atoms with Crippen LogP contribution in [0.25, 0.3) is 0 Å². The summed E-state index contributed by atoms with van der Waals surface area (Å²) < 4.78 is 21.1. The van der Waals surface area contributed by atoms with Gasteiger partial charge in [0.05, 0.1) is 11.2 Å². The van der Waals surface area contributed by atoms with Gasteiger partial charge in [-0.15, -0.1) is 0 Å². The number of nitrogens with two attached hydrogens (primary N) is 1. The Hall–Kier alpha value is -0.620. The molecule has 1 aliphatic rings. The van der Waals surface area contributed by atoms with Gasteiger partial charge in [-0.1, -0.05) is 0 Å². The van der Waals surface area contributed by atoms with Gasteiger partial charge in [0.2, 0.25) is 10.0 Å². The summed E-state index contributed by atoms with van der Waals surface area (Å²) in [6, 6.07) is 0. The van der Waals surface area contributed by atoms with Crippen LogP contribution in [-0.2, 0) is 14.8 Å². The van der Waals surface area contributed by atoms with Gasteiger partial charge in [0.15, 0.2) is 0 Å². The zero-order valence-electron chi connectivity index (χ0n) is 5.73. The molecule has 6 heteroatoms. The maximum absolute atomic E-state index is 10.6. The molecule has 0 atom stereocenters. The van der Waals surface area contributed by atoms with Crippen molar-refractivity contribution < 1.29 is 18.3 Å². The number of hydrogen-bond donors (Lipinski definition) is 2. The summed E-state index contributed by atoms with van der Waals surface area (Å²) in [4.78, 5) is 10.2. The van der Waals surface area contributed by atoms with Crippen molar-refractivity contribution in [2.24, 2.45) is 11.1 Å². The lowest BCUT2D eigenvalue weighted by Crippen LogP contribution is -2.42. The molecule has 0 radical (unpaired) electrons. The van der Waals surface area contributed by atoms with Crippen molar-refractivity contribution in [1.82, 2.24) is 0 Å². The number of aliphatic carboxylic acids is 1. The number of carbonyl (C=O) groups is 1. The minimum atomic E-state index is -3.50. The summed E-state index contributed by atoms with van der Waals surface area (Å²) in [6.45, 7) is 0. The molecule has 1 saturated carbocycles. The average molecular weight is 179 g/mol. The second-order valence-corrected chi connectivity index (χ2v) is 4.56. The summed E-state index contributed by atoms with van der Waals surface area (Å²) in [5, 5.41) is 12.5. The van der Waals surface area contributed by atoms with E-state index in [0.29, 0.717) is 0 Å². The first-order valence-corrected chi connectivity index (χ1v) is 4.76. The molecule has 0 aromatic carbocycles. The third-order valence-corrected chi connectivity index (χ3v) is 3.22. The highest BCUT2D eigenvalue weighted by molar-refractivity contribution is 7.89. The summed E-state index contributed by atoms with van der Waals surface area (Å²) in [7, 11) is -3.50. The third-order valence-electron chi connectivity index (χ3n) is 1.91. The maximum atomic E-state index is 10.6. The van der Waals surface area contributed by atoms with Gasteiger partial charge in [0.25, 0.3) is 0 Å². The SMILES string of the molecule is NS(=O)(=O)[C@H]1C[C@@H](C(=O)O)C1. The van der Waals surface area contributed by atoms with Gasteiger partial charge in [0, 0.05) is 0 Å². The largest absolute Gasteiger partial charge is 0.481 e. The number of sulfonamides is 1. The monoisotopic (exact) mass is 179 g/mol. The van der Waals surface area contributed by atoms with Crippen molar-refractivity contribution in [3.63, 3.8) is 0 Å². The van der Waals surface area contributed by atoms with E-state index in [9.17, 15) is 13.2 Å².